The van der Waals surface area contributed by atoms with Crippen molar-refractivity contribution in [3.63, 3.8) is 0 Å². The Morgan fingerprint density at radius 2 is 2.05 bits per heavy atom. The van der Waals surface area contributed by atoms with Crippen LogP contribution in [0.1, 0.15) is 0 Å². The molecular weight excluding hydrogens is 320 g/mol. The highest BCUT2D eigenvalue weighted by Crippen LogP contribution is 2.29. The number of anilines is 1. The third-order valence-corrected chi connectivity index (χ3v) is 3.57. The second-order valence-corrected chi connectivity index (χ2v) is 5.19. The molecule has 6 heteroatoms. The standard InChI is InChI=1S/C14H17BrN4O/c1-19(8-7-16)14-6-4-12(17-18-14)10-3-5-13(20-2)11(15)9-10/h3-6,9H,7-8,16H2,1-2H3. The van der Waals surface area contributed by atoms with Gasteiger partial charge in [-0.05, 0) is 46.3 Å². The molecule has 0 aliphatic carbocycles. The van der Waals surface area contributed by atoms with Crippen LogP contribution in [-0.2, 0) is 0 Å². The number of aromatic nitrogens is 2. The lowest BCUT2D eigenvalue weighted by Crippen LogP contribution is -2.25. The van der Waals surface area contributed by atoms with Crippen LogP contribution in [0.4, 0.5) is 5.82 Å². The molecule has 2 rings (SSSR count). The lowest BCUT2D eigenvalue weighted by atomic mass is 10.1. The fourth-order valence-corrected chi connectivity index (χ4v) is 2.36. The first-order chi connectivity index (χ1) is 9.65. The molecule has 0 amide bonds. The van der Waals surface area contributed by atoms with E-state index in [4.69, 9.17) is 10.5 Å². The van der Waals surface area contributed by atoms with Crippen LogP contribution in [0.3, 0.4) is 0 Å². The van der Waals surface area contributed by atoms with E-state index in [0.29, 0.717) is 6.54 Å². The van der Waals surface area contributed by atoms with Crippen molar-refractivity contribution in [2.45, 2.75) is 0 Å². The summed E-state index contributed by atoms with van der Waals surface area (Å²) in [6, 6.07) is 9.71. The second-order valence-electron chi connectivity index (χ2n) is 4.34. The van der Waals surface area contributed by atoms with Gasteiger partial charge in [-0.1, -0.05) is 0 Å². The topological polar surface area (TPSA) is 64.3 Å². The second kappa shape index (κ2) is 6.67. The molecule has 0 radical (unpaired) electrons. The minimum atomic E-state index is 0.589. The summed E-state index contributed by atoms with van der Waals surface area (Å²) in [5.74, 6) is 1.60. The Morgan fingerprint density at radius 1 is 1.25 bits per heavy atom. The van der Waals surface area contributed by atoms with E-state index in [0.717, 1.165) is 33.8 Å². The summed E-state index contributed by atoms with van der Waals surface area (Å²) < 4.78 is 6.10. The number of nitrogens with two attached hydrogens (primary N) is 1. The predicted octanol–water partition coefficient (Wildman–Crippen LogP) is 2.31. The number of likely N-dealkylation sites (N-methyl/N-ethyl adjacent to an activating group) is 1. The molecule has 2 N–H and O–H groups in total. The number of hydrogen-bond donors (Lipinski definition) is 1. The van der Waals surface area contributed by atoms with Gasteiger partial charge >= 0.3 is 0 Å². The van der Waals surface area contributed by atoms with Crippen molar-refractivity contribution in [3.8, 4) is 17.0 Å². The number of nitrogens with zero attached hydrogens (tertiary/aromatic N) is 3. The maximum atomic E-state index is 5.52. The summed E-state index contributed by atoms with van der Waals surface area (Å²) in [5.41, 5.74) is 7.33. The fourth-order valence-electron chi connectivity index (χ4n) is 1.82. The quantitative estimate of drug-likeness (QED) is 0.907. The van der Waals surface area contributed by atoms with Crippen LogP contribution >= 0.6 is 15.9 Å². The van der Waals surface area contributed by atoms with Crippen LogP contribution in [0.15, 0.2) is 34.8 Å². The van der Waals surface area contributed by atoms with E-state index in [-0.39, 0.29) is 0 Å². The summed E-state index contributed by atoms with van der Waals surface area (Å²) in [5, 5.41) is 8.47. The Kier molecular flexibility index (Phi) is 4.92. The van der Waals surface area contributed by atoms with Crippen LogP contribution < -0.4 is 15.4 Å². The lowest BCUT2D eigenvalue weighted by Gasteiger charge is -2.16. The molecule has 0 saturated heterocycles. The number of ether oxygens (including phenoxy) is 1. The zero-order chi connectivity index (χ0) is 14.5. The zero-order valence-electron chi connectivity index (χ0n) is 11.5. The molecular formula is C14H17BrN4O. The van der Waals surface area contributed by atoms with Crippen molar-refractivity contribution in [1.82, 2.24) is 10.2 Å². The zero-order valence-corrected chi connectivity index (χ0v) is 13.1. The molecule has 0 unspecified atom stereocenters. The minimum absolute atomic E-state index is 0.589. The molecule has 0 atom stereocenters. The first kappa shape index (κ1) is 14.7. The Balaban J connectivity index is 2.23. The first-order valence-electron chi connectivity index (χ1n) is 6.24. The van der Waals surface area contributed by atoms with E-state index < -0.39 is 0 Å². The molecule has 20 heavy (non-hydrogen) atoms. The van der Waals surface area contributed by atoms with Crippen molar-refractivity contribution in [2.24, 2.45) is 5.73 Å². The van der Waals surface area contributed by atoms with Gasteiger partial charge < -0.3 is 15.4 Å². The van der Waals surface area contributed by atoms with E-state index in [9.17, 15) is 0 Å². The molecule has 2 aromatic rings. The number of methoxy groups -OCH3 is 1. The van der Waals surface area contributed by atoms with Gasteiger partial charge in [-0.3, -0.25) is 0 Å². The van der Waals surface area contributed by atoms with Crippen molar-refractivity contribution in [2.75, 3.05) is 32.1 Å². The molecule has 0 saturated carbocycles. The highest BCUT2D eigenvalue weighted by molar-refractivity contribution is 9.10. The minimum Gasteiger partial charge on any atom is -0.496 e. The van der Waals surface area contributed by atoms with Gasteiger partial charge in [-0.15, -0.1) is 10.2 Å². The average molecular weight is 337 g/mol. The smallest absolute Gasteiger partial charge is 0.151 e. The van der Waals surface area contributed by atoms with Gasteiger partial charge in [-0.2, -0.15) is 0 Å². The average Bonchev–Trinajstić information content (AvgIpc) is 2.47. The molecule has 0 aliphatic heterocycles. The SMILES string of the molecule is COc1ccc(-c2ccc(N(C)CCN)nn2)cc1Br. The lowest BCUT2D eigenvalue weighted by molar-refractivity contribution is 0.412. The molecule has 1 heterocycles. The van der Waals surface area contributed by atoms with Gasteiger partial charge in [0, 0.05) is 25.7 Å². The van der Waals surface area contributed by atoms with Crippen molar-refractivity contribution in [1.29, 1.82) is 0 Å². The van der Waals surface area contributed by atoms with Crippen molar-refractivity contribution in [3.05, 3.63) is 34.8 Å². The molecule has 0 aliphatic rings. The molecule has 0 bridgehead atoms. The molecule has 1 aromatic heterocycles. The molecule has 0 spiro atoms. The van der Waals surface area contributed by atoms with Crippen LogP contribution in [0.25, 0.3) is 11.3 Å². The third-order valence-electron chi connectivity index (χ3n) is 2.95. The molecule has 5 nitrogen and oxygen atoms in total. The molecule has 0 fully saturated rings. The number of halogens is 1. The monoisotopic (exact) mass is 336 g/mol. The summed E-state index contributed by atoms with van der Waals surface area (Å²) in [4.78, 5) is 1.97. The Hall–Kier alpha value is -1.66. The summed E-state index contributed by atoms with van der Waals surface area (Å²) in [7, 11) is 3.59. The van der Waals surface area contributed by atoms with E-state index >= 15 is 0 Å². The van der Waals surface area contributed by atoms with Gasteiger partial charge in [0.15, 0.2) is 5.82 Å². The third kappa shape index (κ3) is 3.26. The first-order valence-corrected chi connectivity index (χ1v) is 7.04. The maximum absolute atomic E-state index is 5.52. The Labute approximate surface area is 126 Å². The Bertz CT molecular complexity index is 574. The maximum Gasteiger partial charge on any atom is 0.151 e. The van der Waals surface area contributed by atoms with Crippen LogP contribution in [0.2, 0.25) is 0 Å². The van der Waals surface area contributed by atoms with Crippen molar-refractivity contribution < 1.29 is 4.74 Å². The Morgan fingerprint density at radius 3 is 2.60 bits per heavy atom. The predicted molar refractivity (Wildman–Crippen MR) is 84.0 cm³/mol. The van der Waals surface area contributed by atoms with Gasteiger partial charge in [0.2, 0.25) is 0 Å². The normalized spacial score (nSPS) is 10.4. The van der Waals surface area contributed by atoms with Gasteiger partial charge in [0.05, 0.1) is 17.3 Å². The van der Waals surface area contributed by atoms with Crippen LogP contribution in [-0.4, -0.2) is 37.4 Å². The van der Waals surface area contributed by atoms with Crippen LogP contribution in [0.5, 0.6) is 5.75 Å². The largest absolute Gasteiger partial charge is 0.496 e. The summed E-state index contributed by atoms with van der Waals surface area (Å²) >= 11 is 3.47. The number of hydrogen-bond acceptors (Lipinski definition) is 5. The number of benzene rings is 1. The van der Waals surface area contributed by atoms with E-state index in [2.05, 4.69) is 26.1 Å². The summed E-state index contributed by atoms with van der Waals surface area (Å²) in [6.07, 6.45) is 0. The van der Waals surface area contributed by atoms with E-state index in [1.54, 1.807) is 7.11 Å². The van der Waals surface area contributed by atoms with Crippen molar-refractivity contribution >= 4 is 21.7 Å². The number of rotatable bonds is 5. The van der Waals surface area contributed by atoms with E-state index in [1.165, 1.54) is 0 Å². The van der Waals surface area contributed by atoms with Gasteiger partial charge in [0.25, 0.3) is 0 Å². The highest BCUT2D eigenvalue weighted by Gasteiger charge is 2.07. The van der Waals surface area contributed by atoms with Gasteiger partial charge in [0.1, 0.15) is 5.75 Å². The molecule has 106 valence electrons. The fraction of sp³-hybridized carbons (Fsp3) is 0.286. The van der Waals surface area contributed by atoms with E-state index in [1.807, 2.05) is 42.3 Å². The summed E-state index contributed by atoms with van der Waals surface area (Å²) in [6.45, 7) is 1.34. The van der Waals surface area contributed by atoms with Crippen LogP contribution in [0, 0.1) is 0 Å². The van der Waals surface area contributed by atoms with Gasteiger partial charge in [-0.25, -0.2) is 0 Å². The highest BCUT2D eigenvalue weighted by atomic mass is 79.9. The molecule has 1 aromatic carbocycles.